The Morgan fingerprint density at radius 1 is 0.491 bits per heavy atom. The third-order valence-corrected chi connectivity index (χ3v) is 15.2. The zero-order valence-electron chi connectivity index (χ0n) is 27.7. The second-order valence-electron chi connectivity index (χ2n) is 11.7. The number of rotatable bonds is 19. The average molecular weight is 1410 g/mol. The van der Waals surface area contributed by atoms with Crippen LogP contribution in [-0.4, -0.2) is 112 Å². The van der Waals surface area contributed by atoms with Crippen molar-refractivity contribution in [2.24, 2.45) is 0 Å². The van der Waals surface area contributed by atoms with Crippen LogP contribution in [-0.2, 0) is 20.9 Å². The predicted octanol–water partition coefficient (Wildman–Crippen LogP) is 3.75. The Balaban J connectivity index is 2.23. The van der Waals surface area contributed by atoms with Gasteiger partial charge in [-0.2, -0.15) is 0 Å². The highest BCUT2D eigenvalue weighted by atomic mass is 127. The molecule has 53 heavy (non-hydrogen) atoms. The summed E-state index contributed by atoms with van der Waals surface area (Å²) in [4.78, 5) is 28.6. The van der Waals surface area contributed by atoms with Crippen LogP contribution >= 0.6 is 136 Å². The quantitative estimate of drug-likeness (QED) is 0.0615. The van der Waals surface area contributed by atoms with E-state index in [0.29, 0.717) is 49.2 Å². The van der Waals surface area contributed by atoms with Gasteiger partial charge in [0.05, 0.1) is 70.8 Å². The van der Waals surface area contributed by atoms with Crippen molar-refractivity contribution < 1.29 is 55.2 Å². The van der Waals surface area contributed by atoms with Crippen LogP contribution in [0.3, 0.4) is 0 Å². The summed E-state index contributed by atoms with van der Waals surface area (Å²) in [6.07, 6.45) is -1.78. The number of ether oxygens (including phenoxy) is 1. The van der Waals surface area contributed by atoms with Crippen LogP contribution in [0.15, 0.2) is 30.3 Å². The lowest BCUT2D eigenvalue weighted by molar-refractivity contribution is -0.140. The third kappa shape index (κ3) is 11.2. The van der Waals surface area contributed by atoms with Gasteiger partial charge in [0.15, 0.2) is 0 Å². The molecule has 2 amide bonds. The van der Waals surface area contributed by atoms with Gasteiger partial charge in [0.25, 0.3) is 11.8 Å². The minimum atomic E-state index is -1.78. The Labute approximate surface area is 388 Å². The van der Waals surface area contributed by atoms with E-state index in [2.05, 4.69) is 10.6 Å². The Morgan fingerprint density at radius 3 is 1.04 bits per heavy atom. The highest BCUT2D eigenvalue weighted by Crippen LogP contribution is 2.43. The SMILES string of the molecule is O=C(Nc1c(I)c(C(CO)CO)c(I)c(C(CO)CO)c1I)C(OCc1ccccc1)C(=O)Nc1c(I)c(C(CO)CO)c(I)c(C(CO)CO)c1I. The van der Waals surface area contributed by atoms with Crippen LogP contribution in [0.5, 0.6) is 0 Å². The van der Waals surface area contributed by atoms with Crippen molar-refractivity contribution in [3.05, 3.63) is 79.6 Å². The Kier molecular flexibility index (Phi) is 21.1. The first kappa shape index (κ1) is 48.0. The fourth-order valence-electron chi connectivity index (χ4n) is 5.42. The van der Waals surface area contributed by atoms with Crippen LogP contribution in [0.4, 0.5) is 11.4 Å². The second kappa shape index (κ2) is 23.3. The van der Waals surface area contributed by atoms with Gasteiger partial charge in [-0.25, -0.2) is 0 Å². The van der Waals surface area contributed by atoms with Crippen molar-refractivity contribution in [1.29, 1.82) is 0 Å². The van der Waals surface area contributed by atoms with Crippen LogP contribution in [0.25, 0.3) is 0 Å². The van der Waals surface area contributed by atoms with Gasteiger partial charge in [-0.05, 0) is 163 Å². The maximum Gasteiger partial charge on any atom is 0.263 e. The number of carbonyl (C=O) groups excluding carboxylic acids is 2. The molecule has 13 nitrogen and oxygen atoms in total. The zero-order valence-corrected chi connectivity index (χ0v) is 40.7. The minimum Gasteiger partial charge on any atom is -0.396 e. The van der Waals surface area contributed by atoms with Crippen LogP contribution in [0.2, 0.25) is 0 Å². The van der Waals surface area contributed by atoms with E-state index in [1.54, 1.807) is 24.3 Å². The normalized spacial score (nSPS) is 11.8. The fourth-order valence-corrected chi connectivity index (χ4v) is 15.8. The molecule has 0 radical (unpaired) electrons. The number of halogens is 6. The molecule has 292 valence electrons. The highest BCUT2D eigenvalue weighted by Gasteiger charge is 2.35. The monoisotopic (exact) mass is 1410 g/mol. The highest BCUT2D eigenvalue weighted by molar-refractivity contribution is 14.1. The Bertz CT molecular complexity index is 1540. The molecule has 3 rings (SSSR count). The molecule has 0 atom stereocenters. The van der Waals surface area contributed by atoms with Gasteiger partial charge >= 0.3 is 0 Å². The smallest absolute Gasteiger partial charge is 0.263 e. The number of nitrogens with one attached hydrogen (secondary N) is 2. The summed E-state index contributed by atoms with van der Waals surface area (Å²) in [6, 6.07) is 8.90. The number of hydrogen-bond donors (Lipinski definition) is 10. The first-order valence-electron chi connectivity index (χ1n) is 15.9. The van der Waals surface area contributed by atoms with E-state index < -0.39 is 94.4 Å². The van der Waals surface area contributed by atoms with Crippen LogP contribution in [0.1, 0.15) is 51.5 Å². The molecule has 0 saturated carbocycles. The lowest BCUT2D eigenvalue weighted by Gasteiger charge is -2.28. The van der Waals surface area contributed by atoms with Gasteiger partial charge < -0.3 is 56.2 Å². The molecule has 10 N–H and O–H groups in total. The molecule has 0 unspecified atom stereocenters. The number of aliphatic hydroxyl groups is 8. The summed E-state index contributed by atoms with van der Waals surface area (Å²) in [5, 5.41) is 86.8. The van der Waals surface area contributed by atoms with Crippen molar-refractivity contribution in [2.45, 2.75) is 36.4 Å². The molecule has 0 saturated heterocycles. The lowest BCUT2D eigenvalue weighted by atomic mass is 9.92. The number of benzene rings is 3. The molecular formula is C34H38I6N2O11. The molecule has 0 fully saturated rings. The van der Waals surface area contributed by atoms with Crippen molar-refractivity contribution in [3.8, 4) is 0 Å². The maximum absolute atomic E-state index is 14.3. The standard InChI is InChI=1S/C34H38I6N2O11/c35-24-20(16(6-43)7-44)26(37)30(27(38)21(24)17(8-45)9-46)41-33(51)32(53-14-15-4-2-1-3-5-15)34(52)42-31-28(39)22(18(10-47)11-48)25(36)23(29(31)40)19(12-49)13-50/h1-5,16-19,32,43-50H,6-14H2,(H,41,51)(H,42,52). The van der Waals surface area contributed by atoms with Gasteiger partial charge in [0.2, 0.25) is 6.10 Å². The molecule has 0 aliphatic rings. The number of carbonyl (C=O) groups is 2. The number of aliphatic hydroxyl groups excluding tert-OH is 8. The topological polar surface area (TPSA) is 229 Å². The predicted molar refractivity (Wildman–Crippen MR) is 249 cm³/mol. The van der Waals surface area contributed by atoms with E-state index in [9.17, 15) is 50.4 Å². The van der Waals surface area contributed by atoms with Gasteiger partial charge in [0.1, 0.15) is 0 Å². The summed E-state index contributed by atoms with van der Waals surface area (Å²) < 4.78 is 9.07. The van der Waals surface area contributed by atoms with Gasteiger partial charge in [-0.15, -0.1) is 0 Å². The molecule has 3 aromatic rings. The van der Waals surface area contributed by atoms with Crippen molar-refractivity contribution in [1.82, 2.24) is 0 Å². The van der Waals surface area contributed by atoms with Crippen molar-refractivity contribution in [3.63, 3.8) is 0 Å². The van der Waals surface area contributed by atoms with Gasteiger partial charge in [-0.3, -0.25) is 9.59 Å². The molecular weight excluding hydrogens is 1370 g/mol. The Hall–Kier alpha value is 0.620. The van der Waals surface area contributed by atoms with Crippen LogP contribution < -0.4 is 10.6 Å². The van der Waals surface area contributed by atoms with E-state index >= 15 is 0 Å². The Morgan fingerprint density at radius 2 is 0.774 bits per heavy atom. The molecule has 19 heteroatoms. The summed E-state index contributed by atoms with van der Waals surface area (Å²) in [7, 11) is 0. The van der Waals surface area contributed by atoms with Crippen molar-refractivity contribution >= 4 is 159 Å². The van der Waals surface area contributed by atoms with Crippen LogP contribution in [0, 0.1) is 21.4 Å². The molecule has 3 aromatic carbocycles. The lowest BCUT2D eigenvalue weighted by Crippen LogP contribution is -2.42. The van der Waals surface area contributed by atoms with Gasteiger partial charge in [0, 0.05) is 45.1 Å². The first-order valence-corrected chi connectivity index (χ1v) is 22.3. The third-order valence-electron chi connectivity index (χ3n) is 8.40. The number of amides is 2. The zero-order chi connectivity index (χ0) is 39.6. The van der Waals surface area contributed by atoms with E-state index in [0.717, 1.165) is 0 Å². The summed E-state index contributed by atoms with van der Waals surface area (Å²) >= 11 is 12.0. The summed E-state index contributed by atoms with van der Waals surface area (Å²) in [5.74, 6) is -4.78. The maximum atomic E-state index is 14.3. The van der Waals surface area contributed by atoms with E-state index in [1.807, 2.05) is 142 Å². The summed E-state index contributed by atoms with van der Waals surface area (Å²) in [6.45, 7) is -3.56. The van der Waals surface area contributed by atoms with Gasteiger partial charge in [-0.1, -0.05) is 30.3 Å². The second-order valence-corrected chi connectivity index (χ2v) is 18.2. The first-order chi connectivity index (χ1) is 25.3. The molecule has 0 aliphatic carbocycles. The molecule has 0 spiro atoms. The largest absolute Gasteiger partial charge is 0.396 e. The summed E-state index contributed by atoms with van der Waals surface area (Å²) in [5.41, 5.74) is 3.11. The van der Waals surface area contributed by atoms with Crippen molar-refractivity contribution in [2.75, 3.05) is 63.5 Å². The average Bonchev–Trinajstić information content (AvgIpc) is 3.15. The fraction of sp³-hybridized carbons (Fsp3) is 0.412. The van der Waals surface area contributed by atoms with E-state index in [4.69, 9.17) is 4.74 Å². The minimum absolute atomic E-state index is 0.135. The molecule has 0 heterocycles. The van der Waals surface area contributed by atoms with E-state index in [-0.39, 0.29) is 18.0 Å². The number of hydrogen-bond acceptors (Lipinski definition) is 11. The molecule has 0 aliphatic heterocycles. The van der Waals surface area contributed by atoms with E-state index in [1.165, 1.54) is 0 Å². The molecule has 0 aromatic heterocycles. The number of anilines is 2. The molecule has 0 bridgehead atoms.